The fraction of sp³-hybridized carbons (Fsp3) is 0.111. The van der Waals surface area contributed by atoms with Crippen LogP contribution in [0, 0.1) is 18.3 Å². The van der Waals surface area contributed by atoms with E-state index in [1.54, 1.807) is 31.4 Å². The first-order valence-corrected chi connectivity index (χ1v) is 7.11. The van der Waals surface area contributed by atoms with E-state index in [4.69, 9.17) is 10.00 Å². The maximum Gasteiger partial charge on any atom is 0.258 e. The smallest absolute Gasteiger partial charge is 0.258 e. The Morgan fingerprint density at radius 2 is 2.04 bits per heavy atom. The lowest BCUT2D eigenvalue weighted by Crippen LogP contribution is -2.13. The maximum atomic E-state index is 12.7. The van der Waals surface area contributed by atoms with Gasteiger partial charge in [-0.25, -0.2) is 0 Å². The van der Waals surface area contributed by atoms with Crippen molar-refractivity contribution in [3.63, 3.8) is 0 Å². The van der Waals surface area contributed by atoms with Gasteiger partial charge in [0.1, 0.15) is 5.75 Å². The number of fused-ring (bicyclic) bond motifs is 1. The molecule has 1 aromatic heterocycles. The van der Waals surface area contributed by atoms with E-state index in [0.29, 0.717) is 22.6 Å². The zero-order valence-corrected chi connectivity index (χ0v) is 12.8. The number of H-pyrrole nitrogens is 1. The van der Waals surface area contributed by atoms with Gasteiger partial charge in [-0.15, -0.1) is 0 Å². The summed E-state index contributed by atoms with van der Waals surface area (Å²) in [7, 11) is 1.58. The van der Waals surface area contributed by atoms with E-state index in [9.17, 15) is 4.79 Å². The summed E-state index contributed by atoms with van der Waals surface area (Å²) in [6, 6.07) is 14.5. The largest absolute Gasteiger partial charge is 0.496 e. The molecule has 0 unspecified atom stereocenters. The number of benzene rings is 2. The average Bonchev–Trinajstić information content (AvgIpc) is 2.90. The highest BCUT2D eigenvalue weighted by Gasteiger charge is 2.19. The van der Waals surface area contributed by atoms with Crippen molar-refractivity contribution in [1.29, 1.82) is 5.26 Å². The van der Waals surface area contributed by atoms with Crippen molar-refractivity contribution in [2.24, 2.45) is 0 Å². The van der Waals surface area contributed by atoms with E-state index in [1.165, 1.54) is 0 Å². The van der Waals surface area contributed by atoms with Crippen molar-refractivity contribution in [3.8, 4) is 11.8 Å². The molecule has 23 heavy (non-hydrogen) atoms. The number of anilines is 1. The van der Waals surface area contributed by atoms with Gasteiger partial charge < -0.3 is 15.0 Å². The number of amides is 1. The highest BCUT2D eigenvalue weighted by atomic mass is 16.5. The number of nitrogens with zero attached hydrogens (tertiary/aromatic N) is 1. The number of ether oxygens (including phenoxy) is 1. The minimum absolute atomic E-state index is 0.242. The SMILES string of the molecule is COc1cccc2[nH]c(C)c(C(=O)Nc3cccc(C#N)c3)c12. The van der Waals surface area contributed by atoms with E-state index in [0.717, 1.165) is 16.6 Å². The number of nitriles is 1. The number of nitrogens with one attached hydrogen (secondary N) is 2. The number of hydrogen-bond donors (Lipinski definition) is 2. The molecule has 1 heterocycles. The van der Waals surface area contributed by atoms with Gasteiger partial charge in [-0.05, 0) is 37.3 Å². The molecule has 3 aromatic rings. The molecule has 0 fully saturated rings. The number of aromatic nitrogens is 1. The highest BCUT2D eigenvalue weighted by Crippen LogP contribution is 2.31. The van der Waals surface area contributed by atoms with Crippen molar-refractivity contribution in [3.05, 3.63) is 59.3 Å². The minimum atomic E-state index is -0.242. The Kier molecular flexibility index (Phi) is 3.73. The first kappa shape index (κ1) is 14.7. The second-order valence-corrected chi connectivity index (χ2v) is 5.15. The molecule has 0 aliphatic heterocycles. The molecule has 5 nitrogen and oxygen atoms in total. The first-order chi connectivity index (χ1) is 11.1. The van der Waals surface area contributed by atoms with Crippen LogP contribution < -0.4 is 10.1 Å². The van der Waals surface area contributed by atoms with E-state index in [1.807, 2.05) is 25.1 Å². The molecule has 3 rings (SSSR count). The predicted octanol–water partition coefficient (Wildman–Crippen LogP) is 3.61. The highest BCUT2D eigenvalue weighted by molar-refractivity contribution is 6.15. The molecule has 114 valence electrons. The summed E-state index contributed by atoms with van der Waals surface area (Å²) in [6.07, 6.45) is 0. The number of aromatic amines is 1. The number of aryl methyl sites for hydroxylation is 1. The number of carbonyl (C=O) groups excluding carboxylic acids is 1. The molecule has 0 aliphatic carbocycles. The van der Waals surface area contributed by atoms with Crippen LogP contribution in [0.25, 0.3) is 10.9 Å². The summed E-state index contributed by atoms with van der Waals surface area (Å²) in [5, 5.41) is 12.5. The first-order valence-electron chi connectivity index (χ1n) is 7.11. The maximum absolute atomic E-state index is 12.7. The fourth-order valence-electron chi connectivity index (χ4n) is 2.66. The van der Waals surface area contributed by atoms with Crippen LogP contribution >= 0.6 is 0 Å². The van der Waals surface area contributed by atoms with Gasteiger partial charge in [0.25, 0.3) is 5.91 Å². The average molecular weight is 305 g/mol. The van der Waals surface area contributed by atoms with Gasteiger partial charge >= 0.3 is 0 Å². The Labute approximate surface area is 133 Å². The van der Waals surface area contributed by atoms with Crippen LogP contribution in [-0.4, -0.2) is 18.0 Å². The summed E-state index contributed by atoms with van der Waals surface area (Å²) in [5.41, 5.74) is 3.23. The molecule has 0 bridgehead atoms. The monoisotopic (exact) mass is 305 g/mol. The Morgan fingerprint density at radius 1 is 1.26 bits per heavy atom. The van der Waals surface area contributed by atoms with Gasteiger partial charge in [-0.1, -0.05) is 12.1 Å². The van der Waals surface area contributed by atoms with Crippen LogP contribution in [0.3, 0.4) is 0 Å². The topological polar surface area (TPSA) is 77.9 Å². The third-order valence-corrected chi connectivity index (χ3v) is 3.67. The summed E-state index contributed by atoms with van der Waals surface area (Å²) < 4.78 is 5.38. The third kappa shape index (κ3) is 2.62. The van der Waals surface area contributed by atoms with Crippen molar-refractivity contribution < 1.29 is 9.53 Å². The summed E-state index contributed by atoms with van der Waals surface area (Å²) in [4.78, 5) is 15.9. The van der Waals surface area contributed by atoms with Crippen molar-refractivity contribution in [2.45, 2.75) is 6.92 Å². The molecule has 2 aromatic carbocycles. The molecule has 5 heteroatoms. The van der Waals surface area contributed by atoms with Crippen LogP contribution in [0.5, 0.6) is 5.75 Å². The number of hydrogen-bond acceptors (Lipinski definition) is 3. The van der Waals surface area contributed by atoms with E-state index in [-0.39, 0.29) is 5.91 Å². The van der Waals surface area contributed by atoms with Gasteiger partial charge in [0, 0.05) is 11.4 Å². The minimum Gasteiger partial charge on any atom is -0.496 e. The molecule has 0 radical (unpaired) electrons. The van der Waals surface area contributed by atoms with Crippen molar-refractivity contribution >= 4 is 22.5 Å². The fourth-order valence-corrected chi connectivity index (χ4v) is 2.66. The summed E-state index contributed by atoms with van der Waals surface area (Å²) >= 11 is 0. The standard InChI is InChI=1S/C18H15N3O2/c1-11-16(17-14(20-11)7-4-8-15(17)23-2)18(22)21-13-6-3-5-12(9-13)10-19/h3-9,20H,1-2H3,(H,21,22). The lowest BCUT2D eigenvalue weighted by Gasteiger charge is -2.08. The van der Waals surface area contributed by atoms with Crippen LogP contribution in [0.1, 0.15) is 21.6 Å². The summed E-state index contributed by atoms with van der Waals surface area (Å²) in [6.45, 7) is 1.85. The number of rotatable bonds is 3. The van der Waals surface area contributed by atoms with Crippen molar-refractivity contribution in [1.82, 2.24) is 4.98 Å². The lowest BCUT2D eigenvalue weighted by atomic mass is 10.1. The summed E-state index contributed by atoms with van der Waals surface area (Å²) in [5.74, 6) is 0.399. The van der Waals surface area contributed by atoms with Gasteiger partial charge in [-0.3, -0.25) is 4.79 Å². The lowest BCUT2D eigenvalue weighted by molar-refractivity contribution is 0.102. The van der Waals surface area contributed by atoms with Gasteiger partial charge in [-0.2, -0.15) is 5.26 Å². The second kappa shape index (κ2) is 5.85. The van der Waals surface area contributed by atoms with Gasteiger partial charge in [0.15, 0.2) is 0 Å². The van der Waals surface area contributed by atoms with Gasteiger partial charge in [0.2, 0.25) is 0 Å². The van der Waals surface area contributed by atoms with E-state index >= 15 is 0 Å². The molecule has 1 amide bonds. The Hall–Kier alpha value is -3.26. The quantitative estimate of drug-likeness (QED) is 0.776. The number of carbonyl (C=O) groups is 1. The van der Waals surface area contributed by atoms with Crippen LogP contribution in [0.15, 0.2) is 42.5 Å². The normalized spacial score (nSPS) is 10.3. The van der Waals surface area contributed by atoms with Crippen LogP contribution in [0.2, 0.25) is 0 Å². The van der Waals surface area contributed by atoms with Crippen molar-refractivity contribution in [2.75, 3.05) is 12.4 Å². The molecule has 0 saturated carbocycles. The van der Waals surface area contributed by atoms with E-state index in [2.05, 4.69) is 16.4 Å². The third-order valence-electron chi connectivity index (χ3n) is 3.67. The van der Waals surface area contributed by atoms with Crippen LogP contribution in [0.4, 0.5) is 5.69 Å². The number of methoxy groups -OCH3 is 1. The molecular weight excluding hydrogens is 290 g/mol. The Bertz CT molecular complexity index is 935. The zero-order chi connectivity index (χ0) is 16.4. The predicted molar refractivity (Wildman–Crippen MR) is 88.7 cm³/mol. The molecule has 0 aliphatic rings. The molecule has 0 atom stereocenters. The van der Waals surface area contributed by atoms with Crippen LogP contribution in [-0.2, 0) is 0 Å². The van der Waals surface area contributed by atoms with E-state index < -0.39 is 0 Å². The van der Waals surface area contributed by atoms with Gasteiger partial charge in [0.05, 0.1) is 35.2 Å². The Morgan fingerprint density at radius 3 is 2.78 bits per heavy atom. The molecular formula is C18H15N3O2. The Balaban J connectivity index is 2.04. The molecule has 0 saturated heterocycles. The zero-order valence-electron chi connectivity index (χ0n) is 12.8. The molecule has 0 spiro atoms. The molecule has 2 N–H and O–H groups in total. The second-order valence-electron chi connectivity index (χ2n) is 5.15.